The van der Waals surface area contributed by atoms with Crippen LogP contribution in [-0.2, 0) is 17.7 Å². The molecule has 1 atom stereocenters. The van der Waals surface area contributed by atoms with E-state index in [1.165, 1.54) is 23.1 Å². The summed E-state index contributed by atoms with van der Waals surface area (Å²) in [6.07, 6.45) is 9.63. The average molecular weight is 526 g/mol. The molecule has 38 heavy (non-hydrogen) atoms. The van der Waals surface area contributed by atoms with Crippen molar-refractivity contribution >= 4 is 24.2 Å². The third kappa shape index (κ3) is 7.16. The number of hydrogen-bond donors (Lipinski definition) is 4. The second kappa shape index (κ2) is 13.1. The molecule has 1 aromatic rings. The highest BCUT2D eigenvalue weighted by Gasteiger charge is 2.27. The molecule has 1 aromatic carbocycles. The van der Waals surface area contributed by atoms with Crippen LogP contribution < -0.4 is 5.32 Å². The van der Waals surface area contributed by atoms with Gasteiger partial charge >= 0.3 is 6.09 Å². The fourth-order valence-electron chi connectivity index (χ4n) is 4.48. The normalized spacial score (nSPS) is 16.6. The highest BCUT2D eigenvalue weighted by atomic mass is 19.1. The number of nitrogens with zero attached hydrogens (tertiary/aromatic N) is 2. The Bertz CT molecular complexity index is 1160. The monoisotopic (exact) mass is 525 g/mol. The fourth-order valence-corrected chi connectivity index (χ4v) is 4.48. The van der Waals surface area contributed by atoms with E-state index in [0.29, 0.717) is 24.1 Å². The number of ether oxygens (including phenoxy) is 1. The van der Waals surface area contributed by atoms with Crippen molar-refractivity contribution in [2.24, 2.45) is 0 Å². The first-order chi connectivity index (χ1) is 18.1. The number of amides is 2. The van der Waals surface area contributed by atoms with Crippen LogP contribution in [-0.4, -0.2) is 64.4 Å². The first kappa shape index (κ1) is 28.8. The van der Waals surface area contributed by atoms with Crippen molar-refractivity contribution in [2.75, 3.05) is 13.2 Å². The Morgan fingerprint density at radius 2 is 2.05 bits per heavy atom. The molecule has 2 aliphatic rings. The van der Waals surface area contributed by atoms with E-state index in [1.807, 2.05) is 0 Å². The third-order valence-corrected chi connectivity index (χ3v) is 6.80. The summed E-state index contributed by atoms with van der Waals surface area (Å²) in [7, 11) is 0. The maximum Gasteiger partial charge on any atom is 0.410 e. The van der Waals surface area contributed by atoms with Gasteiger partial charge in [-0.25, -0.2) is 9.18 Å². The summed E-state index contributed by atoms with van der Waals surface area (Å²) in [4.78, 5) is 28.3. The van der Waals surface area contributed by atoms with Gasteiger partial charge in [-0.05, 0) is 80.9 Å². The summed E-state index contributed by atoms with van der Waals surface area (Å²) in [6, 6.07) is 2.41. The zero-order chi connectivity index (χ0) is 27.8. The van der Waals surface area contributed by atoms with Crippen LogP contribution in [0.3, 0.4) is 0 Å². The molecule has 0 spiro atoms. The molecule has 2 amide bonds. The molecule has 10 heteroatoms. The number of allylic oxidation sites excluding steroid dienone is 3. The van der Waals surface area contributed by atoms with Gasteiger partial charge in [0.05, 0.1) is 24.6 Å². The quantitative estimate of drug-likeness (QED) is 0.217. The Balaban J connectivity index is 1.62. The number of carbonyl (C=O) groups excluding carboxylic acids is 2. The van der Waals surface area contributed by atoms with E-state index in [0.717, 1.165) is 37.6 Å². The maximum atomic E-state index is 14.8. The van der Waals surface area contributed by atoms with Crippen LogP contribution in [0.1, 0.15) is 61.0 Å². The minimum Gasteiger partial charge on any atom is -0.446 e. The number of benzene rings is 1. The summed E-state index contributed by atoms with van der Waals surface area (Å²) in [5.41, 5.74) is 2.08. The van der Waals surface area contributed by atoms with Gasteiger partial charge in [0, 0.05) is 18.8 Å². The molecule has 0 aromatic heterocycles. The van der Waals surface area contributed by atoms with E-state index in [2.05, 4.69) is 11.9 Å². The Morgan fingerprint density at radius 1 is 1.34 bits per heavy atom. The van der Waals surface area contributed by atoms with Gasteiger partial charge in [0.25, 0.3) is 5.91 Å². The number of aliphatic hydroxyl groups excluding tert-OH is 1. The number of amidine groups is 1. The van der Waals surface area contributed by atoms with Gasteiger partial charge in [0.15, 0.2) is 0 Å². The molecule has 0 saturated heterocycles. The number of carbonyl (C=O) groups is 2. The lowest BCUT2D eigenvalue weighted by molar-refractivity contribution is 0.0618. The highest BCUT2D eigenvalue weighted by Crippen LogP contribution is 2.26. The lowest BCUT2D eigenvalue weighted by Gasteiger charge is -2.29. The molecule has 1 heterocycles. The lowest BCUT2D eigenvalue weighted by Crippen LogP contribution is -2.39. The molecule has 204 valence electrons. The van der Waals surface area contributed by atoms with Gasteiger partial charge < -0.3 is 25.0 Å². The Kier molecular flexibility index (Phi) is 9.95. The lowest BCUT2D eigenvalue weighted by atomic mass is 9.96. The van der Waals surface area contributed by atoms with E-state index in [-0.39, 0.29) is 42.4 Å². The van der Waals surface area contributed by atoms with Crippen LogP contribution in [0.15, 0.2) is 48.2 Å². The van der Waals surface area contributed by atoms with Crippen LogP contribution in [0.25, 0.3) is 0 Å². The summed E-state index contributed by atoms with van der Waals surface area (Å²) in [5.74, 6) is -1.25. The zero-order valence-electron chi connectivity index (χ0n) is 21.9. The second-order valence-electron chi connectivity index (χ2n) is 9.67. The number of hydrogen-bond acceptors (Lipinski definition) is 6. The molecule has 1 unspecified atom stereocenters. The summed E-state index contributed by atoms with van der Waals surface area (Å²) < 4.78 is 20.4. The molecule has 9 nitrogen and oxygen atoms in total. The van der Waals surface area contributed by atoms with Crippen molar-refractivity contribution in [2.45, 2.75) is 64.6 Å². The molecular weight excluding hydrogens is 489 g/mol. The summed E-state index contributed by atoms with van der Waals surface area (Å²) in [6.45, 7) is 7.64. The number of rotatable bonds is 9. The Labute approximate surface area is 222 Å². The Hall–Kier alpha value is -3.79. The first-order valence-corrected chi connectivity index (χ1v) is 12.7. The van der Waals surface area contributed by atoms with Crippen molar-refractivity contribution in [3.8, 4) is 0 Å². The number of halogens is 1. The number of aliphatic hydroxyl groups is 1. The SMILES string of the molecule is C=C(/C=C\C=C(/C)C(=N)N(C=N)C(C)CO)NC(=O)c1cc2c(cc1F)CCN(C(=O)OC1CCCC1)C2. The van der Waals surface area contributed by atoms with Crippen LogP contribution in [0.4, 0.5) is 9.18 Å². The third-order valence-electron chi connectivity index (χ3n) is 6.80. The molecule has 4 N–H and O–H groups in total. The summed E-state index contributed by atoms with van der Waals surface area (Å²) in [5, 5.41) is 27.5. The molecule has 0 radical (unpaired) electrons. The maximum absolute atomic E-state index is 14.8. The summed E-state index contributed by atoms with van der Waals surface area (Å²) >= 11 is 0. The molecular formula is C28H36FN5O4. The van der Waals surface area contributed by atoms with Crippen molar-refractivity contribution in [3.05, 3.63) is 70.7 Å². The second-order valence-corrected chi connectivity index (χ2v) is 9.67. The molecule has 0 bridgehead atoms. The van der Waals surface area contributed by atoms with Gasteiger partial charge in [-0.3, -0.25) is 15.6 Å². The minimum atomic E-state index is -0.661. The standard InChI is InChI=1S/C28H36FN5O4/c1-18(26(31)34(17-30)20(3)16-35)7-6-8-19(2)32-27(36)24-13-22-15-33(12-11-21(22)14-25(24)29)28(37)38-23-9-4-5-10-23/h6-8,13-14,17,20,23,30-31,35H,2,4-5,9-12,15-16H2,1,3H3,(H,32,36)/b8-6-,18-7+,30-17?,31-26?. The largest absolute Gasteiger partial charge is 0.446 e. The van der Waals surface area contributed by atoms with E-state index in [4.69, 9.17) is 15.6 Å². The van der Waals surface area contributed by atoms with Crippen molar-refractivity contribution < 1.29 is 23.8 Å². The number of nitrogens with one attached hydrogen (secondary N) is 3. The van der Waals surface area contributed by atoms with Crippen molar-refractivity contribution in [1.29, 1.82) is 10.8 Å². The van der Waals surface area contributed by atoms with Crippen molar-refractivity contribution in [3.63, 3.8) is 0 Å². The smallest absolute Gasteiger partial charge is 0.410 e. The van der Waals surface area contributed by atoms with E-state index >= 15 is 0 Å². The van der Waals surface area contributed by atoms with Gasteiger partial charge in [-0.1, -0.05) is 18.7 Å². The van der Waals surface area contributed by atoms with Crippen LogP contribution in [0.5, 0.6) is 0 Å². The van der Waals surface area contributed by atoms with Gasteiger partial charge in [0.2, 0.25) is 0 Å². The minimum absolute atomic E-state index is 0.0409. The molecule has 1 saturated carbocycles. The van der Waals surface area contributed by atoms with Gasteiger partial charge in [-0.2, -0.15) is 0 Å². The predicted molar refractivity (Wildman–Crippen MR) is 144 cm³/mol. The average Bonchev–Trinajstić information content (AvgIpc) is 3.40. The molecule has 1 aliphatic carbocycles. The topological polar surface area (TPSA) is 130 Å². The van der Waals surface area contributed by atoms with Gasteiger partial charge in [-0.15, -0.1) is 0 Å². The Morgan fingerprint density at radius 3 is 2.71 bits per heavy atom. The first-order valence-electron chi connectivity index (χ1n) is 12.7. The van der Waals surface area contributed by atoms with Crippen LogP contribution in [0, 0.1) is 16.6 Å². The van der Waals surface area contributed by atoms with E-state index in [1.54, 1.807) is 30.9 Å². The fraction of sp³-hybridized carbons (Fsp3) is 0.429. The zero-order valence-corrected chi connectivity index (χ0v) is 21.9. The van der Waals surface area contributed by atoms with E-state index < -0.39 is 17.8 Å². The van der Waals surface area contributed by atoms with Gasteiger partial charge in [0.1, 0.15) is 17.8 Å². The number of fused-ring (bicyclic) bond motifs is 1. The molecule has 3 rings (SSSR count). The van der Waals surface area contributed by atoms with E-state index in [9.17, 15) is 19.1 Å². The van der Waals surface area contributed by atoms with Crippen LogP contribution >= 0.6 is 0 Å². The van der Waals surface area contributed by atoms with Crippen LogP contribution in [0.2, 0.25) is 0 Å². The predicted octanol–water partition coefficient (Wildman–Crippen LogP) is 4.28. The van der Waals surface area contributed by atoms with Crippen molar-refractivity contribution in [1.82, 2.24) is 15.1 Å². The molecule has 1 fully saturated rings. The molecule has 1 aliphatic heterocycles. The highest BCUT2D eigenvalue weighted by molar-refractivity contribution is 6.01.